The molecule has 0 spiro atoms. The number of aryl methyl sites for hydroxylation is 2. The Balaban J connectivity index is 1.63. The van der Waals surface area contributed by atoms with E-state index < -0.39 is 24.3 Å². The van der Waals surface area contributed by atoms with Gasteiger partial charge in [-0.3, -0.25) is 14.7 Å². The van der Waals surface area contributed by atoms with E-state index in [1.54, 1.807) is 25.2 Å². The lowest BCUT2D eigenvalue weighted by Crippen LogP contribution is -2.40. The van der Waals surface area contributed by atoms with Crippen LogP contribution < -0.4 is 10.9 Å². The average molecular weight is 389 g/mol. The summed E-state index contributed by atoms with van der Waals surface area (Å²) in [4.78, 5) is 25.0. The standard InChI is InChI=1S/C19H21F2N5O2/c1-19(18(28)22-10-14(20)21)8-6-11(7-9-19)26-17(27)16-15(25-26)12-4-2-3-5-13(12)23-24-16/h6-8,14,25H,2-5,9-10H2,1H3,(H,22,28). The fourth-order valence-corrected chi connectivity index (χ4v) is 3.72. The third kappa shape index (κ3) is 3.14. The van der Waals surface area contributed by atoms with Crippen LogP contribution in [0.2, 0.25) is 0 Å². The van der Waals surface area contributed by atoms with Crippen molar-refractivity contribution in [1.82, 2.24) is 25.3 Å². The van der Waals surface area contributed by atoms with Gasteiger partial charge >= 0.3 is 0 Å². The number of amides is 1. The zero-order chi connectivity index (χ0) is 19.9. The summed E-state index contributed by atoms with van der Waals surface area (Å²) in [6.45, 7) is 0.998. The Bertz CT molecular complexity index is 1050. The van der Waals surface area contributed by atoms with Crippen molar-refractivity contribution in [2.45, 2.75) is 45.5 Å². The SMILES string of the molecule is CC1(C(=O)NCC(F)F)C=CC(n2[nH]c3c4c(nnc3c2=O)CCCC4)=CC1. The minimum Gasteiger partial charge on any atom is -0.350 e. The van der Waals surface area contributed by atoms with Gasteiger partial charge in [-0.25, -0.2) is 13.5 Å². The molecule has 0 aromatic carbocycles. The third-order valence-electron chi connectivity index (χ3n) is 5.43. The molecule has 2 heterocycles. The number of aromatic amines is 1. The van der Waals surface area contributed by atoms with E-state index in [0.29, 0.717) is 23.2 Å². The molecule has 0 radical (unpaired) electrons. The number of carbonyl (C=O) groups is 1. The predicted octanol–water partition coefficient (Wildman–Crippen LogP) is 2.19. The second-order valence-electron chi connectivity index (χ2n) is 7.49. The predicted molar refractivity (Wildman–Crippen MR) is 99.9 cm³/mol. The first-order valence-electron chi connectivity index (χ1n) is 9.34. The quantitative estimate of drug-likeness (QED) is 0.838. The molecule has 2 aromatic heterocycles. The van der Waals surface area contributed by atoms with E-state index in [1.807, 2.05) is 0 Å². The van der Waals surface area contributed by atoms with E-state index >= 15 is 0 Å². The number of nitrogens with one attached hydrogen (secondary N) is 2. The maximum atomic E-state index is 12.8. The molecule has 0 fully saturated rings. The molecule has 0 saturated carbocycles. The van der Waals surface area contributed by atoms with Gasteiger partial charge in [0.2, 0.25) is 5.91 Å². The molecular formula is C19H21F2N5O2. The van der Waals surface area contributed by atoms with Crippen molar-refractivity contribution in [3.63, 3.8) is 0 Å². The number of fused-ring (bicyclic) bond motifs is 3. The topological polar surface area (TPSA) is 92.7 Å². The summed E-state index contributed by atoms with van der Waals surface area (Å²) >= 11 is 0. The number of H-pyrrole nitrogens is 1. The first kappa shape index (κ1) is 18.5. The Hall–Kier alpha value is -2.84. The molecule has 2 aromatic rings. The van der Waals surface area contributed by atoms with Crippen molar-refractivity contribution in [1.29, 1.82) is 0 Å². The lowest BCUT2D eigenvalue weighted by atomic mass is 9.82. The largest absolute Gasteiger partial charge is 0.350 e. The first-order chi connectivity index (χ1) is 13.4. The molecule has 1 unspecified atom stereocenters. The molecule has 2 aliphatic rings. The van der Waals surface area contributed by atoms with E-state index in [1.165, 1.54) is 4.68 Å². The molecule has 2 aliphatic carbocycles. The van der Waals surface area contributed by atoms with Gasteiger partial charge in [0.1, 0.15) is 0 Å². The molecule has 9 heteroatoms. The highest BCUT2D eigenvalue weighted by Crippen LogP contribution is 2.31. The molecule has 0 bridgehead atoms. The number of halogens is 2. The van der Waals surface area contributed by atoms with E-state index in [0.717, 1.165) is 36.9 Å². The summed E-state index contributed by atoms with van der Waals surface area (Å²) in [7, 11) is 0. The Morgan fingerprint density at radius 3 is 2.86 bits per heavy atom. The van der Waals surface area contributed by atoms with Gasteiger partial charge in [0.05, 0.1) is 28.9 Å². The minimum atomic E-state index is -2.59. The molecule has 4 rings (SSSR count). The smallest absolute Gasteiger partial charge is 0.299 e. The van der Waals surface area contributed by atoms with Crippen molar-refractivity contribution in [3.8, 4) is 0 Å². The second-order valence-corrected chi connectivity index (χ2v) is 7.49. The number of nitrogens with zero attached hydrogens (tertiary/aromatic N) is 3. The van der Waals surface area contributed by atoms with Crippen molar-refractivity contribution < 1.29 is 13.6 Å². The highest BCUT2D eigenvalue weighted by atomic mass is 19.3. The Labute approximate surface area is 159 Å². The third-order valence-corrected chi connectivity index (χ3v) is 5.43. The lowest BCUT2D eigenvalue weighted by Gasteiger charge is -2.26. The van der Waals surface area contributed by atoms with Crippen LogP contribution in [0.1, 0.15) is 37.4 Å². The zero-order valence-corrected chi connectivity index (χ0v) is 15.5. The van der Waals surface area contributed by atoms with Crippen LogP contribution in [-0.2, 0) is 17.6 Å². The van der Waals surface area contributed by atoms with Gasteiger partial charge in [0.25, 0.3) is 12.0 Å². The van der Waals surface area contributed by atoms with Gasteiger partial charge in [-0.15, -0.1) is 5.10 Å². The number of allylic oxidation sites excluding steroid dienone is 3. The van der Waals surface area contributed by atoms with Gasteiger partial charge in [0.15, 0.2) is 5.52 Å². The normalized spacial score (nSPS) is 21.6. The van der Waals surface area contributed by atoms with Crippen LogP contribution >= 0.6 is 0 Å². The number of aromatic nitrogens is 4. The average Bonchev–Trinajstić information content (AvgIpc) is 3.03. The van der Waals surface area contributed by atoms with Crippen molar-refractivity contribution in [2.75, 3.05) is 6.54 Å². The second kappa shape index (κ2) is 6.96. The van der Waals surface area contributed by atoms with Crippen molar-refractivity contribution in [2.24, 2.45) is 5.41 Å². The highest BCUT2D eigenvalue weighted by Gasteiger charge is 2.32. The summed E-state index contributed by atoms with van der Waals surface area (Å²) in [5.74, 6) is -0.469. The van der Waals surface area contributed by atoms with Crippen molar-refractivity contribution in [3.05, 3.63) is 39.8 Å². The number of rotatable bonds is 4. The van der Waals surface area contributed by atoms with Crippen LogP contribution in [0.4, 0.5) is 8.78 Å². The molecule has 148 valence electrons. The Morgan fingerprint density at radius 1 is 1.36 bits per heavy atom. The first-order valence-corrected chi connectivity index (χ1v) is 9.34. The summed E-state index contributed by atoms with van der Waals surface area (Å²) in [5.41, 5.74) is 2.36. The van der Waals surface area contributed by atoms with Crippen LogP contribution in [0, 0.1) is 5.41 Å². The van der Waals surface area contributed by atoms with E-state index in [9.17, 15) is 18.4 Å². The Kier molecular flexibility index (Phi) is 4.60. The lowest BCUT2D eigenvalue weighted by molar-refractivity contribution is -0.128. The summed E-state index contributed by atoms with van der Waals surface area (Å²) in [6.07, 6.45) is 6.58. The van der Waals surface area contributed by atoms with Crippen LogP contribution in [-0.4, -0.2) is 38.9 Å². The van der Waals surface area contributed by atoms with Gasteiger partial charge < -0.3 is 5.32 Å². The highest BCUT2D eigenvalue weighted by molar-refractivity contribution is 5.86. The number of hydrogen-bond acceptors (Lipinski definition) is 4. The molecule has 2 N–H and O–H groups in total. The molecule has 0 saturated heterocycles. The molecule has 1 atom stereocenters. The maximum absolute atomic E-state index is 12.8. The Morgan fingerprint density at radius 2 is 2.14 bits per heavy atom. The molecule has 28 heavy (non-hydrogen) atoms. The van der Waals surface area contributed by atoms with Gasteiger partial charge in [-0.05, 0) is 45.1 Å². The van der Waals surface area contributed by atoms with Crippen LogP contribution in [0.5, 0.6) is 0 Å². The number of alkyl halides is 2. The van der Waals surface area contributed by atoms with E-state index in [2.05, 4.69) is 20.6 Å². The maximum Gasteiger partial charge on any atom is 0.299 e. The molecule has 0 aliphatic heterocycles. The van der Waals surface area contributed by atoms with Crippen LogP contribution in [0.15, 0.2) is 23.0 Å². The fraction of sp³-hybridized carbons (Fsp3) is 0.474. The van der Waals surface area contributed by atoms with E-state index in [4.69, 9.17) is 0 Å². The number of carbonyl (C=O) groups excluding carboxylic acids is 1. The van der Waals surface area contributed by atoms with E-state index in [-0.39, 0.29) is 5.56 Å². The van der Waals surface area contributed by atoms with Crippen molar-refractivity contribution >= 4 is 22.6 Å². The van der Waals surface area contributed by atoms with Gasteiger partial charge in [-0.1, -0.05) is 12.2 Å². The summed E-state index contributed by atoms with van der Waals surface area (Å²) in [6, 6.07) is 0. The summed E-state index contributed by atoms with van der Waals surface area (Å²) < 4.78 is 26.1. The van der Waals surface area contributed by atoms with Gasteiger partial charge in [-0.2, -0.15) is 5.10 Å². The monoisotopic (exact) mass is 389 g/mol. The zero-order valence-electron chi connectivity index (χ0n) is 15.5. The molecule has 7 nitrogen and oxygen atoms in total. The minimum absolute atomic E-state index is 0.291. The fourth-order valence-electron chi connectivity index (χ4n) is 3.72. The molecular weight excluding hydrogens is 368 g/mol. The number of hydrogen-bond donors (Lipinski definition) is 2. The van der Waals surface area contributed by atoms with Crippen LogP contribution in [0.3, 0.4) is 0 Å². The van der Waals surface area contributed by atoms with Gasteiger partial charge in [0, 0.05) is 5.56 Å². The molecule has 1 amide bonds. The summed E-state index contributed by atoms with van der Waals surface area (Å²) in [5, 5.41) is 13.7. The van der Waals surface area contributed by atoms with Crippen LogP contribution in [0.25, 0.3) is 16.7 Å².